The molecule has 0 spiro atoms. The maximum Gasteiger partial charge on any atom is 0.164 e. The molecule has 16 heavy (non-hydrogen) atoms. The lowest BCUT2D eigenvalue weighted by atomic mass is 10.0. The number of nitrogens with zero attached hydrogens (tertiary/aromatic N) is 1. The zero-order valence-electron chi connectivity index (χ0n) is 9.86. The molecule has 0 aliphatic carbocycles. The molecule has 1 saturated heterocycles. The van der Waals surface area contributed by atoms with E-state index in [0.29, 0.717) is 12.5 Å². The summed E-state index contributed by atoms with van der Waals surface area (Å²) >= 11 is 0. The van der Waals surface area contributed by atoms with E-state index in [0.717, 1.165) is 18.7 Å². The van der Waals surface area contributed by atoms with E-state index < -0.39 is 0 Å². The highest BCUT2D eigenvalue weighted by Crippen LogP contribution is 2.15. The third kappa shape index (κ3) is 2.70. The van der Waals surface area contributed by atoms with E-state index in [9.17, 15) is 4.79 Å². The molecule has 2 heteroatoms. The Bertz CT molecular complexity index is 341. The normalized spacial score (nSPS) is 18.6. The molecule has 0 saturated carbocycles. The minimum Gasteiger partial charge on any atom is -0.300 e. The number of hydrogen-bond donors (Lipinski definition) is 0. The van der Waals surface area contributed by atoms with Gasteiger partial charge in [-0.2, -0.15) is 0 Å². The second-order valence-electron chi connectivity index (χ2n) is 4.59. The Balaban J connectivity index is 1.92. The highest BCUT2D eigenvalue weighted by molar-refractivity contribution is 5.96. The summed E-state index contributed by atoms with van der Waals surface area (Å²) in [5, 5.41) is 0. The van der Waals surface area contributed by atoms with Crippen molar-refractivity contribution in [3.05, 3.63) is 35.9 Å². The van der Waals surface area contributed by atoms with E-state index in [1.165, 1.54) is 12.8 Å². The number of carbonyl (C=O) groups excluding carboxylic acids is 1. The van der Waals surface area contributed by atoms with Crippen molar-refractivity contribution in [3.8, 4) is 0 Å². The minimum absolute atomic E-state index is 0.264. The van der Waals surface area contributed by atoms with Gasteiger partial charge in [-0.15, -0.1) is 0 Å². The maximum atomic E-state index is 12.0. The summed E-state index contributed by atoms with van der Waals surface area (Å²) in [6.07, 6.45) is 3.21. The van der Waals surface area contributed by atoms with Gasteiger partial charge in [0.05, 0.1) is 0 Å². The monoisotopic (exact) mass is 217 g/mol. The van der Waals surface area contributed by atoms with Crippen LogP contribution in [0, 0.1) is 0 Å². The number of ketones is 1. The summed E-state index contributed by atoms with van der Waals surface area (Å²) in [4.78, 5) is 14.4. The van der Waals surface area contributed by atoms with Crippen LogP contribution in [0.2, 0.25) is 0 Å². The SMILES string of the molecule is CC(CC(=O)c1ccccc1)N1CCCC1. The molecule has 0 aromatic heterocycles. The van der Waals surface area contributed by atoms with E-state index >= 15 is 0 Å². The van der Waals surface area contributed by atoms with Crippen LogP contribution in [0.5, 0.6) is 0 Å². The van der Waals surface area contributed by atoms with E-state index in [1.807, 2.05) is 30.3 Å². The van der Waals surface area contributed by atoms with Crippen molar-refractivity contribution in [2.45, 2.75) is 32.2 Å². The second-order valence-corrected chi connectivity index (χ2v) is 4.59. The fraction of sp³-hybridized carbons (Fsp3) is 0.500. The van der Waals surface area contributed by atoms with Gasteiger partial charge in [-0.25, -0.2) is 0 Å². The first-order valence-electron chi connectivity index (χ1n) is 6.09. The molecule has 2 nitrogen and oxygen atoms in total. The van der Waals surface area contributed by atoms with E-state index in [1.54, 1.807) is 0 Å². The van der Waals surface area contributed by atoms with Crippen molar-refractivity contribution in [3.63, 3.8) is 0 Å². The van der Waals surface area contributed by atoms with E-state index in [4.69, 9.17) is 0 Å². The average molecular weight is 217 g/mol. The number of Topliss-reactive ketones (excluding diaryl/α,β-unsaturated/α-hetero) is 1. The van der Waals surface area contributed by atoms with Crippen molar-refractivity contribution < 1.29 is 4.79 Å². The van der Waals surface area contributed by atoms with Crippen LogP contribution in [0.3, 0.4) is 0 Å². The molecule has 1 heterocycles. The minimum atomic E-state index is 0.264. The predicted octanol–water partition coefficient (Wildman–Crippen LogP) is 2.74. The van der Waals surface area contributed by atoms with Gasteiger partial charge in [0, 0.05) is 18.0 Å². The fourth-order valence-electron chi connectivity index (χ4n) is 2.32. The van der Waals surface area contributed by atoms with Crippen LogP contribution >= 0.6 is 0 Å². The lowest BCUT2D eigenvalue weighted by Gasteiger charge is -2.22. The van der Waals surface area contributed by atoms with Crippen LogP contribution < -0.4 is 0 Å². The van der Waals surface area contributed by atoms with Gasteiger partial charge in [0.25, 0.3) is 0 Å². The Morgan fingerprint density at radius 2 is 1.88 bits per heavy atom. The Morgan fingerprint density at radius 3 is 2.50 bits per heavy atom. The van der Waals surface area contributed by atoms with E-state index in [2.05, 4.69) is 11.8 Å². The first-order valence-corrected chi connectivity index (χ1v) is 6.09. The molecular formula is C14H19NO. The summed E-state index contributed by atoms with van der Waals surface area (Å²) < 4.78 is 0. The van der Waals surface area contributed by atoms with E-state index in [-0.39, 0.29) is 5.78 Å². The van der Waals surface area contributed by atoms with Gasteiger partial charge in [-0.1, -0.05) is 30.3 Å². The van der Waals surface area contributed by atoms with Crippen LogP contribution in [0.25, 0.3) is 0 Å². The van der Waals surface area contributed by atoms with Gasteiger partial charge >= 0.3 is 0 Å². The van der Waals surface area contributed by atoms with Crippen LogP contribution in [-0.4, -0.2) is 29.8 Å². The first-order chi connectivity index (χ1) is 7.77. The van der Waals surface area contributed by atoms with Gasteiger partial charge in [0.2, 0.25) is 0 Å². The zero-order chi connectivity index (χ0) is 11.4. The molecule has 1 fully saturated rings. The Kier molecular flexibility index (Phi) is 3.73. The predicted molar refractivity (Wildman–Crippen MR) is 65.7 cm³/mol. The number of likely N-dealkylation sites (tertiary alicyclic amines) is 1. The summed E-state index contributed by atoms with van der Waals surface area (Å²) in [5.41, 5.74) is 0.841. The zero-order valence-corrected chi connectivity index (χ0v) is 9.86. The average Bonchev–Trinajstić information content (AvgIpc) is 2.83. The van der Waals surface area contributed by atoms with Crippen LogP contribution in [-0.2, 0) is 0 Å². The molecule has 0 amide bonds. The number of hydrogen-bond acceptors (Lipinski definition) is 2. The Labute approximate surface area is 97.3 Å². The van der Waals surface area contributed by atoms with Crippen molar-refractivity contribution in [1.29, 1.82) is 0 Å². The first kappa shape index (κ1) is 11.3. The van der Waals surface area contributed by atoms with Crippen molar-refractivity contribution in [2.24, 2.45) is 0 Å². The standard InChI is InChI=1S/C14H19NO/c1-12(15-9-5-6-10-15)11-14(16)13-7-3-2-4-8-13/h2-4,7-8,12H,5-6,9-11H2,1H3. The maximum absolute atomic E-state index is 12.0. The lowest BCUT2D eigenvalue weighted by molar-refractivity contribution is 0.0941. The molecule has 1 aromatic rings. The summed E-state index contributed by atoms with van der Waals surface area (Å²) in [5.74, 6) is 0.264. The molecule has 1 aliphatic heterocycles. The van der Waals surface area contributed by atoms with Gasteiger partial charge in [0.1, 0.15) is 0 Å². The van der Waals surface area contributed by atoms with Crippen LogP contribution in [0.4, 0.5) is 0 Å². The quantitative estimate of drug-likeness (QED) is 0.723. The van der Waals surface area contributed by atoms with Crippen molar-refractivity contribution in [1.82, 2.24) is 4.90 Å². The number of carbonyl (C=O) groups is 1. The summed E-state index contributed by atoms with van der Waals surface area (Å²) in [6, 6.07) is 9.98. The lowest BCUT2D eigenvalue weighted by Crippen LogP contribution is -2.32. The highest BCUT2D eigenvalue weighted by Gasteiger charge is 2.20. The molecule has 1 aromatic carbocycles. The molecule has 86 valence electrons. The Hall–Kier alpha value is -1.15. The number of benzene rings is 1. The van der Waals surface area contributed by atoms with Crippen molar-refractivity contribution in [2.75, 3.05) is 13.1 Å². The van der Waals surface area contributed by atoms with Gasteiger partial charge in [-0.05, 0) is 32.9 Å². The van der Waals surface area contributed by atoms with Gasteiger partial charge in [0.15, 0.2) is 5.78 Å². The number of rotatable bonds is 4. The summed E-state index contributed by atoms with van der Waals surface area (Å²) in [7, 11) is 0. The molecule has 0 N–H and O–H groups in total. The van der Waals surface area contributed by atoms with Crippen LogP contribution in [0.1, 0.15) is 36.5 Å². The smallest absolute Gasteiger partial charge is 0.164 e. The second kappa shape index (κ2) is 5.26. The molecule has 0 radical (unpaired) electrons. The molecule has 0 bridgehead atoms. The third-order valence-electron chi connectivity index (χ3n) is 3.34. The molecule has 2 rings (SSSR count). The van der Waals surface area contributed by atoms with Crippen LogP contribution in [0.15, 0.2) is 30.3 Å². The topological polar surface area (TPSA) is 20.3 Å². The summed E-state index contributed by atoms with van der Waals surface area (Å²) in [6.45, 7) is 4.47. The fourth-order valence-corrected chi connectivity index (χ4v) is 2.32. The Morgan fingerprint density at radius 1 is 1.25 bits per heavy atom. The molecule has 1 unspecified atom stereocenters. The molecule has 1 atom stereocenters. The third-order valence-corrected chi connectivity index (χ3v) is 3.34. The molecule has 1 aliphatic rings. The highest BCUT2D eigenvalue weighted by atomic mass is 16.1. The van der Waals surface area contributed by atoms with Crippen molar-refractivity contribution >= 4 is 5.78 Å². The largest absolute Gasteiger partial charge is 0.300 e. The van der Waals surface area contributed by atoms with Gasteiger partial charge < -0.3 is 4.90 Å². The molecular weight excluding hydrogens is 198 g/mol. The van der Waals surface area contributed by atoms with Gasteiger partial charge in [-0.3, -0.25) is 4.79 Å².